The second-order valence-corrected chi connectivity index (χ2v) is 8.42. The quantitative estimate of drug-likeness (QED) is 0.522. The zero-order valence-electron chi connectivity index (χ0n) is 14.8. The highest BCUT2D eigenvalue weighted by Gasteiger charge is 2.47. The molecular formula is C21H17F3O3S. The molecule has 0 N–H and O–H groups in total. The van der Waals surface area contributed by atoms with Gasteiger partial charge in [-0.2, -0.15) is 13.2 Å². The molecule has 0 amide bonds. The van der Waals surface area contributed by atoms with Crippen LogP contribution in [0.1, 0.15) is 0 Å². The molecule has 0 heterocycles. The molecule has 0 fully saturated rings. The zero-order valence-corrected chi connectivity index (χ0v) is 15.7. The van der Waals surface area contributed by atoms with Crippen LogP contribution in [0.15, 0.2) is 99.6 Å². The van der Waals surface area contributed by atoms with E-state index in [0.29, 0.717) is 20.4 Å². The lowest BCUT2D eigenvalue weighted by Crippen LogP contribution is -2.27. The minimum absolute atomic E-state index is 0.448. The van der Waals surface area contributed by atoms with Gasteiger partial charge in [-0.15, -0.1) is 0 Å². The topological polar surface area (TPSA) is 35.5 Å². The number of methoxy groups -OCH3 is 1. The molecule has 3 aromatic carbocycles. The van der Waals surface area contributed by atoms with Gasteiger partial charge in [0.1, 0.15) is 5.75 Å². The fraction of sp³-hybridized carbons (Fsp3) is 0.0952. The van der Waals surface area contributed by atoms with Crippen molar-refractivity contribution in [2.75, 3.05) is 7.11 Å². The number of hydrogen-bond donors (Lipinski definition) is 0. The molecule has 0 bridgehead atoms. The number of halogens is 3. The zero-order chi connectivity index (χ0) is 20.2. The van der Waals surface area contributed by atoms with Gasteiger partial charge in [0.15, 0.2) is 0 Å². The van der Waals surface area contributed by atoms with Crippen molar-refractivity contribution in [1.82, 2.24) is 0 Å². The molecule has 0 aromatic heterocycles. The van der Waals surface area contributed by atoms with Gasteiger partial charge in [0.25, 0.3) is 0 Å². The average molecular weight is 406 g/mol. The van der Waals surface area contributed by atoms with Crippen molar-refractivity contribution < 1.29 is 26.9 Å². The summed E-state index contributed by atoms with van der Waals surface area (Å²) in [7, 11) is -1.47. The molecule has 0 atom stereocenters. The molecule has 0 unspecified atom stereocenters. The van der Waals surface area contributed by atoms with Gasteiger partial charge in [0.2, 0.25) is 0 Å². The Labute approximate surface area is 162 Å². The minimum Gasteiger partial charge on any atom is -0.497 e. The smallest absolute Gasteiger partial charge is 0.491 e. The summed E-state index contributed by atoms with van der Waals surface area (Å²) >= 11 is 0. The molecule has 0 aliphatic heterocycles. The summed E-state index contributed by atoms with van der Waals surface area (Å²) in [4.78, 5) is 13.4. The molecular weight excluding hydrogens is 389 g/mol. The molecule has 146 valence electrons. The standard InChI is InChI=1S/C21H17F3O3S/c1-26-16-12-14-19(15-13-16)28(17-8-4-2-5-9-17,18-10-6-3-7-11-18)27-20(25)21(22,23)24/h2-15H,1H3. The first-order chi connectivity index (χ1) is 13.4. The van der Waals surface area contributed by atoms with Crippen LogP contribution in [0.3, 0.4) is 0 Å². The highest BCUT2D eigenvalue weighted by molar-refractivity contribution is 8.30. The third-order valence-corrected chi connectivity index (χ3v) is 7.18. The maximum absolute atomic E-state index is 13.2. The number of carbonyl (C=O) groups excluding carboxylic acids is 1. The SMILES string of the molecule is COc1ccc(S(OC(=O)C(F)(F)F)(c2ccccc2)c2ccccc2)cc1. The van der Waals surface area contributed by atoms with Crippen LogP contribution in [0.2, 0.25) is 0 Å². The fourth-order valence-electron chi connectivity index (χ4n) is 2.70. The summed E-state index contributed by atoms with van der Waals surface area (Å²) in [6.07, 6.45) is -5.12. The summed E-state index contributed by atoms with van der Waals surface area (Å²) in [6.45, 7) is 0. The third-order valence-electron chi connectivity index (χ3n) is 3.97. The Morgan fingerprint density at radius 1 is 0.750 bits per heavy atom. The molecule has 28 heavy (non-hydrogen) atoms. The largest absolute Gasteiger partial charge is 0.497 e. The molecule has 0 saturated heterocycles. The van der Waals surface area contributed by atoms with Crippen molar-refractivity contribution in [2.24, 2.45) is 0 Å². The van der Waals surface area contributed by atoms with Gasteiger partial charge in [0, 0.05) is 14.7 Å². The van der Waals surface area contributed by atoms with E-state index < -0.39 is 22.5 Å². The number of hydrogen-bond acceptors (Lipinski definition) is 3. The van der Waals surface area contributed by atoms with E-state index in [9.17, 15) is 18.0 Å². The van der Waals surface area contributed by atoms with Crippen LogP contribution in [0.4, 0.5) is 13.2 Å². The van der Waals surface area contributed by atoms with E-state index >= 15 is 0 Å². The Hall–Kier alpha value is -2.93. The first-order valence-electron chi connectivity index (χ1n) is 8.26. The lowest BCUT2D eigenvalue weighted by Gasteiger charge is -2.39. The van der Waals surface area contributed by atoms with Crippen LogP contribution in [-0.4, -0.2) is 19.3 Å². The van der Waals surface area contributed by atoms with Crippen molar-refractivity contribution in [3.05, 3.63) is 84.9 Å². The molecule has 0 spiro atoms. The van der Waals surface area contributed by atoms with Gasteiger partial charge in [-0.25, -0.2) is 4.79 Å². The summed E-state index contributed by atoms with van der Waals surface area (Å²) in [6, 6.07) is 23.5. The van der Waals surface area contributed by atoms with Crippen molar-refractivity contribution in [1.29, 1.82) is 0 Å². The van der Waals surface area contributed by atoms with Crippen LogP contribution in [0.5, 0.6) is 5.75 Å². The second-order valence-electron chi connectivity index (χ2n) is 5.73. The van der Waals surface area contributed by atoms with E-state index in [-0.39, 0.29) is 0 Å². The van der Waals surface area contributed by atoms with E-state index in [0.717, 1.165) is 0 Å². The second kappa shape index (κ2) is 7.98. The van der Waals surface area contributed by atoms with Crippen molar-refractivity contribution in [3.63, 3.8) is 0 Å². The number of ether oxygens (including phenoxy) is 1. The van der Waals surface area contributed by atoms with E-state index in [2.05, 4.69) is 0 Å². The molecule has 0 aliphatic rings. The van der Waals surface area contributed by atoms with Gasteiger partial charge < -0.3 is 8.92 Å². The van der Waals surface area contributed by atoms with Crippen molar-refractivity contribution >= 4 is 16.3 Å². The van der Waals surface area contributed by atoms with Crippen molar-refractivity contribution in [2.45, 2.75) is 20.9 Å². The maximum atomic E-state index is 13.2. The Balaban J connectivity index is 2.29. The minimum atomic E-state index is -5.12. The molecule has 0 aliphatic carbocycles. The monoisotopic (exact) mass is 406 g/mol. The average Bonchev–Trinajstić information content (AvgIpc) is 2.72. The summed E-state index contributed by atoms with van der Waals surface area (Å²) in [5.74, 6) is -1.69. The number of carbonyl (C=O) groups is 1. The van der Waals surface area contributed by atoms with E-state index in [1.165, 1.54) is 7.11 Å². The van der Waals surface area contributed by atoms with Gasteiger partial charge >= 0.3 is 12.1 Å². The normalized spacial score (nSPS) is 12.3. The van der Waals surface area contributed by atoms with Gasteiger partial charge in [-0.05, 0) is 58.8 Å². The number of benzene rings is 3. The van der Waals surface area contributed by atoms with E-state index in [4.69, 9.17) is 8.92 Å². The first-order valence-corrected chi connectivity index (χ1v) is 9.82. The Kier molecular flexibility index (Phi) is 5.65. The van der Waals surface area contributed by atoms with Crippen LogP contribution in [0.25, 0.3) is 0 Å². The molecule has 7 heteroatoms. The summed E-state index contributed by atoms with van der Waals surface area (Å²) in [5, 5.41) is 0. The van der Waals surface area contributed by atoms with Crippen LogP contribution < -0.4 is 4.74 Å². The van der Waals surface area contributed by atoms with Gasteiger partial charge in [-0.3, -0.25) is 0 Å². The maximum Gasteiger partial charge on any atom is 0.491 e. The molecule has 0 saturated carbocycles. The van der Waals surface area contributed by atoms with E-state index in [1.54, 1.807) is 84.9 Å². The molecule has 0 radical (unpaired) electrons. The Bertz CT molecular complexity index is 887. The lowest BCUT2D eigenvalue weighted by molar-refractivity contribution is -0.188. The van der Waals surface area contributed by atoms with Gasteiger partial charge in [-0.1, -0.05) is 36.4 Å². The molecule has 3 nitrogen and oxygen atoms in total. The Morgan fingerprint density at radius 3 is 1.57 bits per heavy atom. The van der Waals surface area contributed by atoms with Crippen LogP contribution in [-0.2, 0) is 8.98 Å². The highest BCUT2D eigenvalue weighted by atomic mass is 32.3. The predicted molar refractivity (Wildman–Crippen MR) is 100 cm³/mol. The van der Waals surface area contributed by atoms with Gasteiger partial charge in [0.05, 0.1) is 7.11 Å². The van der Waals surface area contributed by atoms with E-state index in [1.807, 2.05) is 0 Å². The number of alkyl halides is 3. The predicted octanol–water partition coefficient (Wildman–Crippen LogP) is 6.00. The summed E-state index contributed by atoms with van der Waals surface area (Å²) in [5.41, 5.74) is 0. The number of rotatable bonds is 5. The molecule has 3 rings (SSSR count). The highest BCUT2D eigenvalue weighted by Crippen LogP contribution is 2.69. The van der Waals surface area contributed by atoms with Crippen LogP contribution >= 0.6 is 10.3 Å². The Morgan fingerprint density at radius 2 is 1.18 bits per heavy atom. The summed E-state index contributed by atoms with van der Waals surface area (Å²) < 4.78 is 50.0. The fourth-order valence-corrected chi connectivity index (χ4v) is 5.73. The van der Waals surface area contributed by atoms with Crippen molar-refractivity contribution in [3.8, 4) is 5.75 Å². The molecule has 3 aromatic rings. The third kappa shape index (κ3) is 3.84. The van der Waals surface area contributed by atoms with Crippen LogP contribution in [0, 0.1) is 0 Å². The lowest BCUT2D eigenvalue weighted by atomic mass is 10.3. The first kappa shape index (κ1) is 19.8.